The molecule has 2 rings (SSSR count). The highest BCUT2D eigenvalue weighted by molar-refractivity contribution is 5.45. The molecule has 1 aromatic carbocycles. The van der Waals surface area contributed by atoms with Gasteiger partial charge in [-0.2, -0.15) is 0 Å². The van der Waals surface area contributed by atoms with Gasteiger partial charge in [-0.05, 0) is 36.4 Å². The van der Waals surface area contributed by atoms with Crippen LogP contribution in [0.1, 0.15) is 0 Å². The minimum atomic E-state index is 0.514. The first-order valence-electron chi connectivity index (χ1n) is 6.00. The minimum absolute atomic E-state index is 0.514. The second-order valence-corrected chi connectivity index (χ2v) is 3.92. The topological polar surface area (TPSA) is 69.4 Å². The molecule has 0 fully saturated rings. The van der Waals surface area contributed by atoms with Crippen molar-refractivity contribution >= 4 is 11.5 Å². The predicted octanol–water partition coefficient (Wildman–Crippen LogP) is 2.16. The van der Waals surface area contributed by atoms with Crippen LogP contribution in [0.25, 0.3) is 0 Å². The van der Waals surface area contributed by atoms with Crippen LogP contribution < -0.4 is 20.5 Å². The highest BCUT2D eigenvalue weighted by Crippen LogP contribution is 2.16. The fourth-order valence-electron chi connectivity index (χ4n) is 1.55. The van der Waals surface area contributed by atoms with Gasteiger partial charge in [-0.1, -0.05) is 0 Å². The molecule has 5 heteroatoms. The monoisotopic (exact) mass is 259 g/mol. The van der Waals surface area contributed by atoms with E-state index >= 15 is 0 Å². The van der Waals surface area contributed by atoms with E-state index in [1.165, 1.54) is 0 Å². The summed E-state index contributed by atoms with van der Waals surface area (Å²) < 4.78 is 10.7. The lowest BCUT2D eigenvalue weighted by Crippen LogP contribution is -2.11. The third kappa shape index (κ3) is 4.06. The van der Waals surface area contributed by atoms with Crippen LogP contribution in [0.2, 0.25) is 0 Å². The van der Waals surface area contributed by atoms with Crippen molar-refractivity contribution in [1.29, 1.82) is 0 Å². The smallest absolute Gasteiger partial charge is 0.123 e. The molecular formula is C14H17N3O2. The molecule has 0 aliphatic heterocycles. The number of anilines is 2. The largest absolute Gasteiger partial charge is 0.497 e. The average Bonchev–Trinajstić information content (AvgIpc) is 2.46. The summed E-state index contributed by atoms with van der Waals surface area (Å²) in [5.41, 5.74) is 6.43. The zero-order chi connectivity index (χ0) is 13.5. The minimum Gasteiger partial charge on any atom is -0.497 e. The maximum absolute atomic E-state index is 5.59. The maximum atomic E-state index is 5.59. The first-order valence-corrected chi connectivity index (χ1v) is 6.00. The van der Waals surface area contributed by atoms with Crippen molar-refractivity contribution in [3.05, 3.63) is 42.6 Å². The highest BCUT2D eigenvalue weighted by atomic mass is 16.5. The van der Waals surface area contributed by atoms with Crippen LogP contribution >= 0.6 is 0 Å². The maximum Gasteiger partial charge on any atom is 0.123 e. The number of pyridine rings is 1. The van der Waals surface area contributed by atoms with Crippen LogP contribution in [-0.2, 0) is 0 Å². The zero-order valence-electron chi connectivity index (χ0n) is 10.8. The Labute approximate surface area is 112 Å². The van der Waals surface area contributed by atoms with Gasteiger partial charge < -0.3 is 20.5 Å². The van der Waals surface area contributed by atoms with Gasteiger partial charge in [0.2, 0.25) is 0 Å². The molecule has 0 bridgehead atoms. The van der Waals surface area contributed by atoms with Gasteiger partial charge >= 0.3 is 0 Å². The summed E-state index contributed by atoms with van der Waals surface area (Å²) >= 11 is 0. The molecule has 0 saturated heterocycles. The van der Waals surface area contributed by atoms with Crippen molar-refractivity contribution < 1.29 is 9.47 Å². The number of aromatic nitrogens is 1. The molecule has 3 N–H and O–H groups in total. The first kappa shape index (κ1) is 13.0. The number of benzene rings is 1. The number of ether oxygens (including phenoxy) is 2. The predicted molar refractivity (Wildman–Crippen MR) is 75.6 cm³/mol. The molecule has 0 spiro atoms. The molecule has 100 valence electrons. The Morgan fingerprint density at radius 1 is 1.11 bits per heavy atom. The third-order valence-corrected chi connectivity index (χ3v) is 2.55. The molecule has 0 radical (unpaired) electrons. The van der Waals surface area contributed by atoms with Crippen molar-refractivity contribution in [2.45, 2.75) is 0 Å². The molecule has 0 saturated carbocycles. The number of hydrogen-bond donors (Lipinski definition) is 2. The SMILES string of the molecule is COc1ccc(OCCNc2ccc(N)nc2)cc1. The molecular weight excluding hydrogens is 242 g/mol. The van der Waals surface area contributed by atoms with E-state index in [1.54, 1.807) is 19.4 Å². The Kier molecular flexibility index (Phi) is 4.44. The van der Waals surface area contributed by atoms with E-state index in [1.807, 2.05) is 30.3 Å². The molecule has 19 heavy (non-hydrogen) atoms. The standard InChI is InChI=1S/C14H17N3O2/c1-18-12-3-5-13(6-4-12)19-9-8-16-11-2-7-14(15)17-10-11/h2-7,10,16H,8-9H2,1H3,(H2,15,17). The van der Waals surface area contributed by atoms with Crippen LogP contribution in [0.15, 0.2) is 42.6 Å². The average molecular weight is 259 g/mol. The summed E-state index contributed by atoms with van der Waals surface area (Å²) in [7, 11) is 1.64. The number of hydrogen-bond acceptors (Lipinski definition) is 5. The number of nitrogens with zero attached hydrogens (tertiary/aromatic N) is 1. The van der Waals surface area contributed by atoms with Crippen molar-refractivity contribution in [1.82, 2.24) is 4.98 Å². The molecule has 0 atom stereocenters. The van der Waals surface area contributed by atoms with E-state index in [0.717, 1.165) is 17.2 Å². The lowest BCUT2D eigenvalue weighted by Gasteiger charge is -2.09. The fraction of sp³-hybridized carbons (Fsp3) is 0.214. The number of nitrogens with two attached hydrogens (primary N) is 1. The summed E-state index contributed by atoms with van der Waals surface area (Å²) in [5, 5.41) is 3.20. The Bertz CT molecular complexity index is 497. The van der Waals surface area contributed by atoms with E-state index in [2.05, 4.69) is 10.3 Å². The van der Waals surface area contributed by atoms with Gasteiger partial charge in [0.1, 0.15) is 23.9 Å². The van der Waals surface area contributed by atoms with E-state index < -0.39 is 0 Å². The number of methoxy groups -OCH3 is 1. The van der Waals surface area contributed by atoms with Gasteiger partial charge in [0, 0.05) is 6.54 Å². The Hall–Kier alpha value is -2.43. The summed E-state index contributed by atoms with van der Waals surface area (Å²) in [4.78, 5) is 4.00. The van der Waals surface area contributed by atoms with Crippen LogP contribution in [0.4, 0.5) is 11.5 Å². The third-order valence-electron chi connectivity index (χ3n) is 2.55. The summed E-state index contributed by atoms with van der Waals surface area (Å²) in [5.74, 6) is 2.15. The zero-order valence-corrected chi connectivity index (χ0v) is 10.8. The highest BCUT2D eigenvalue weighted by Gasteiger charge is 1.96. The van der Waals surface area contributed by atoms with Gasteiger partial charge in [0.25, 0.3) is 0 Å². The van der Waals surface area contributed by atoms with E-state index in [9.17, 15) is 0 Å². The molecule has 0 amide bonds. The van der Waals surface area contributed by atoms with Crippen LogP contribution in [0.3, 0.4) is 0 Å². The van der Waals surface area contributed by atoms with E-state index in [4.69, 9.17) is 15.2 Å². The van der Waals surface area contributed by atoms with Crippen molar-refractivity contribution in [2.24, 2.45) is 0 Å². The summed E-state index contributed by atoms with van der Waals surface area (Å²) in [6.45, 7) is 1.26. The van der Waals surface area contributed by atoms with Crippen molar-refractivity contribution in [2.75, 3.05) is 31.3 Å². The second kappa shape index (κ2) is 6.49. The lowest BCUT2D eigenvalue weighted by atomic mass is 10.3. The summed E-state index contributed by atoms with van der Waals surface area (Å²) in [6.07, 6.45) is 1.70. The Morgan fingerprint density at radius 3 is 2.47 bits per heavy atom. The van der Waals surface area contributed by atoms with Gasteiger partial charge in [-0.3, -0.25) is 0 Å². The van der Waals surface area contributed by atoms with Gasteiger partial charge in [0.15, 0.2) is 0 Å². The first-order chi connectivity index (χ1) is 9.28. The number of nitrogen functional groups attached to an aromatic ring is 1. The number of nitrogens with one attached hydrogen (secondary N) is 1. The normalized spacial score (nSPS) is 9.95. The van der Waals surface area contributed by atoms with Crippen molar-refractivity contribution in [3.63, 3.8) is 0 Å². The van der Waals surface area contributed by atoms with E-state index in [0.29, 0.717) is 19.0 Å². The van der Waals surface area contributed by atoms with Gasteiger partial charge in [-0.25, -0.2) is 4.98 Å². The molecule has 5 nitrogen and oxygen atoms in total. The summed E-state index contributed by atoms with van der Waals surface area (Å²) in [6, 6.07) is 11.1. The van der Waals surface area contributed by atoms with Crippen molar-refractivity contribution in [3.8, 4) is 11.5 Å². The van der Waals surface area contributed by atoms with E-state index in [-0.39, 0.29) is 0 Å². The molecule has 2 aromatic rings. The second-order valence-electron chi connectivity index (χ2n) is 3.92. The molecule has 0 unspecified atom stereocenters. The van der Waals surface area contributed by atoms with Crippen LogP contribution in [0, 0.1) is 0 Å². The Balaban J connectivity index is 1.72. The Morgan fingerprint density at radius 2 is 1.84 bits per heavy atom. The quantitative estimate of drug-likeness (QED) is 0.778. The fourth-order valence-corrected chi connectivity index (χ4v) is 1.55. The van der Waals surface area contributed by atoms with Crippen LogP contribution in [0.5, 0.6) is 11.5 Å². The van der Waals surface area contributed by atoms with Crippen LogP contribution in [-0.4, -0.2) is 25.2 Å². The molecule has 0 aliphatic rings. The molecule has 1 heterocycles. The van der Waals surface area contributed by atoms with Gasteiger partial charge in [-0.15, -0.1) is 0 Å². The van der Waals surface area contributed by atoms with Gasteiger partial charge in [0.05, 0.1) is 19.0 Å². The number of rotatable bonds is 6. The molecule has 1 aromatic heterocycles. The molecule has 0 aliphatic carbocycles. The lowest BCUT2D eigenvalue weighted by molar-refractivity contribution is 0.332.